The number of amides is 1. The van der Waals surface area contributed by atoms with Crippen LogP contribution in [0.2, 0.25) is 0 Å². The Bertz CT molecular complexity index is 660. The molecule has 0 spiro atoms. The Labute approximate surface area is 130 Å². The van der Waals surface area contributed by atoms with E-state index in [1.54, 1.807) is 0 Å². The van der Waals surface area contributed by atoms with E-state index in [1.807, 2.05) is 55.1 Å². The Morgan fingerprint density at radius 3 is 2.55 bits per heavy atom. The minimum Gasteiger partial charge on any atom is -0.484 e. The average molecular weight is 299 g/mol. The highest BCUT2D eigenvalue weighted by Gasteiger charge is 2.25. The molecule has 1 amide bonds. The summed E-state index contributed by atoms with van der Waals surface area (Å²) in [4.78, 5) is 14.1. The van der Waals surface area contributed by atoms with Crippen LogP contribution >= 0.6 is 0 Å². The van der Waals surface area contributed by atoms with Crippen molar-refractivity contribution in [1.82, 2.24) is 4.90 Å². The van der Waals surface area contributed by atoms with Crippen LogP contribution in [0.4, 0.5) is 0 Å². The van der Waals surface area contributed by atoms with Gasteiger partial charge in [-0.25, -0.2) is 0 Å². The number of carbonyl (C=O) groups excluding carboxylic acids is 1. The van der Waals surface area contributed by atoms with Crippen molar-refractivity contribution in [2.75, 3.05) is 19.7 Å². The normalized spacial score (nSPS) is 21.8. The number of nitrogens with zero attached hydrogens (tertiary/aromatic N) is 1. The van der Waals surface area contributed by atoms with E-state index in [2.05, 4.69) is 6.07 Å². The highest BCUT2D eigenvalue weighted by Crippen LogP contribution is 2.20. The largest absolute Gasteiger partial charge is 0.484 e. The standard InChI is InChI=1S/C18H21NO3/c1-13-10-19(11-14(2)22-13)18(20)12-21-17-8-7-15-5-3-4-6-16(15)9-17/h3-9,13-14H,10-12H2,1-2H3/t13-,14-/m1/s1. The van der Waals surface area contributed by atoms with Crippen LogP contribution in [0.15, 0.2) is 42.5 Å². The van der Waals surface area contributed by atoms with E-state index in [-0.39, 0.29) is 24.7 Å². The summed E-state index contributed by atoms with van der Waals surface area (Å²) in [6, 6.07) is 14.0. The molecule has 1 saturated heterocycles. The lowest BCUT2D eigenvalue weighted by Gasteiger charge is -2.35. The molecule has 1 fully saturated rings. The van der Waals surface area contributed by atoms with Gasteiger partial charge in [0.25, 0.3) is 5.91 Å². The molecule has 116 valence electrons. The van der Waals surface area contributed by atoms with Gasteiger partial charge in [0.05, 0.1) is 12.2 Å². The van der Waals surface area contributed by atoms with E-state index in [1.165, 1.54) is 0 Å². The number of morpholine rings is 1. The number of hydrogen-bond acceptors (Lipinski definition) is 3. The molecule has 0 aromatic heterocycles. The van der Waals surface area contributed by atoms with E-state index < -0.39 is 0 Å². The third kappa shape index (κ3) is 3.39. The van der Waals surface area contributed by atoms with Crippen molar-refractivity contribution >= 4 is 16.7 Å². The second-order valence-corrected chi connectivity index (χ2v) is 5.85. The Kier molecular flexibility index (Phi) is 4.29. The van der Waals surface area contributed by atoms with Gasteiger partial charge in [-0.05, 0) is 36.8 Å². The van der Waals surface area contributed by atoms with Gasteiger partial charge in [-0.2, -0.15) is 0 Å². The summed E-state index contributed by atoms with van der Waals surface area (Å²) < 4.78 is 11.3. The van der Waals surface area contributed by atoms with Crippen LogP contribution in [0.25, 0.3) is 10.8 Å². The molecule has 3 rings (SSSR count). The van der Waals surface area contributed by atoms with Crippen molar-refractivity contribution in [2.45, 2.75) is 26.1 Å². The topological polar surface area (TPSA) is 38.8 Å². The molecule has 22 heavy (non-hydrogen) atoms. The minimum absolute atomic E-state index is 0.00941. The van der Waals surface area contributed by atoms with Crippen molar-refractivity contribution in [1.29, 1.82) is 0 Å². The number of fused-ring (bicyclic) bond motifs is 1. The molecule has 0 aliphatic carbocycles. The molecule has 4 nitrogen and oxygen atoms in total. The highest BCUT2D eigenvalue weighted by atomic mass is 16.5. The Morgan fingerprint density at radius 1 is 1.14 bits per heavy atom. The lowest BCUT2D eigenvalue weighted by Crippen LogP contribution is -2.49. The first kappa shape index (κ1) is 14.9. The molecule has 2 atom stereocenters. The maximum atomic E-state index is 12.3. The van der Waals surface area contributed by atoms with Gasteiger partial charge in [0.2, 0.25) is 0 Å². The number of rotatable bonds is 3. The van der Waals surface area contributed by atoms with Gasteiger partial charge in [-0.1, -0.05) is 30.3 Å². The van der Waals surface area contributed by atoms with Gasteiger partial charge >= 0.3 is 0 Å². The van der Waals surface area contributed by atoms with Crippen molar-refractivity contribution in [2.24, 2.45) is 0 Å². The summed E-state index contributed by atoms with van der Waals surface area (Å²) in [6.07, 6.45) is 0.154. The maximum Gasteiger partial charge on any atom is 0.260 e. The van der Waals surface area contributed by atoms with E-state index in [4.69, 9.17) is 9.47 Å². The van der Waals surface area contributed by atoms with E-state index in [9.17, 15) is 4.79 Å². The molecule has 0 bridgehead atoms. The molecule has 2 aromatic rings. The van der Waals surface area contributed by atoms with Crippen LogP contribution in [0, 0.1) is 0 Å². The lowest BCUT2D eigenvalue weighted by atomic mass is 10.1. The third-order valence-corrected chi connectivity index (χ3v) is 3.86. The van der Waals surface area contributed by atoms with E-state index >= 15 is 0 Å². The molecule has 0 saturated carbocycles. The lowest BCUT2D eigenvalue weighted by molar-refractivity contribution is -0.145. The average Bonchev–Trinajstić information content (AvgIpc) is 2.51. The first-order valence-electron chi connectivity index (χ1n) is 7.66. The zero-order chi connectivity index (χ0) is 15.5. The van der Waals surface area contributed by atoms with Crippen LogP contribution in [0.5, 0.6) is 5.75 Å². The fourth-order valence-electron chi connectivity index (χ4n) is 2.88. The van der Waals surface area contributed by atoms with Crippen LogP contribution in [-0.4, -0.2) is 42.7 Å². The predicted molar refractivity (Wildman–Crippen MR) is 86.0 cm³/mol. The molecular weight excluding hydrogens is 278 g/mol. The quantitative estimate of drug-likeness (QED) is 0.875. The van der Waals surface area contributed by atoms with Gasteiger partial charge in [0, 0.05) is 13.1 Å². The van der Waals surface area contributed by atoms with Crippen LogP contribution in [0.3, 0.4) is 0 Å². The van der Waals surface area contributed by atoms with Gasteiger partial charge in [-0.3, -0.25) is 4.79 Å². The Hall–Kier alpha value is -2.07. The van der Waals surface area contributed by atoms with Gasteiger partial charge in [0.15, 0.2) is 6.61 Å². The zero-order valence-corrected chi connectivity index (χ0v) is 13.0. The first-order valence-corrected chi connectivity index (χ1v) is 7.66. The van der Waals surface area contributed by atoms with Gasteiger partial charge < -0.3 is 14.4 Å². The van der Waals surface area contributed by atoms with Gasteiger partial charge in [0.1, 0.15) is 5.75 Å². The molecule has 0 N–H and O–H groups in total. The molecule has 1 aliphatic heterocycles. The summed E-state index contributed by atoms with van der Waals surface area (Å²) in [6.45, 7) is 5.30. The number of benzene rings is 2. The Balaban J connectivity index is 1.62. The molecular formula is C18H21NO3. The summed E-state index contributed by atoms with van der Waals surface area (Å²) in [5.41, 5.74) is 0. The summed E-state index contributed by atoms with van der Waals surface area (Å²) >= 11 is 0. The molecule has 0 unspecified atom stereocenters. The van der Waals surface area contributed by atoms with Crippen molar-refractivity contribution in [3.8, 4) is 5.75 Å². The molecule has 1 aliphatic rings. The predicted octanol–water partition coefficient (Wildman–Crippen LogP) is 2.85. The molecule has 2 aromatic carbocycles. The monoisotopic (exact) mass is 299 g/mol. The molecule has 4 heteroatoms. The number of hydrogen-bond donors (Lipinski definition) is 0. The molecule has 1 heterocycles. The number of carbonyl (C=O) groups is 1. The van der Waals surface area contributed by atoms with E-state index in [0.717, 1.165) is 16.5 Å². The van der Waals surface area contributed by atoms with Crippen molar-refractivity contribution in [3.63, 3.8) is 0 Å². The highest BCUT2D eigenvalue weighted by molar-refractivity contribution is 5.84. The molecule has 0 radical (unpaired) electrons. The second kappa shape index (κ2) is 6.36. The summed E-state index contributed by atoms with van der Waals surface area (Å²) in [7, 11) is 0. The van der Waals surface area contributed by atoms with Crippen LogP contribution < -0.4 is 4.74 Å². The number of ether oxygens (including phenoxy) is 2. The van der Waals surface area contributed by atoms with Crippen LogP contribution in [-0.2, 0) is 9.53 Å². The first-order chi connectivity index (χ1) is 10.6. The van der Waals surface area contributed by atoms with Crippen molar-refractivity contribution < 1.29 is 14.3 Å². The van der Waals surface area contributed by atoms with Crippen molar-refractivity contribution in [3.05, 3.63) is 42.5 Å². The third-order valence-electron chi connectivity index (χ3n) is 3.86. The smallest absolute Gasteiger partial charge is 0.260 e. The second-order valence-electron chi connectivity index (χ2n) is 5.85. The van der Waals surface area contributed by atoms with Crippen LogP contribution in [0.1, 0.15) is 13.8 Å². The minimum atomic E-state index is 0.00941. The summed E-state index contributed by atoms with van der Waals surface area (Å²) in [5.74, 6) is 0.733. The SMILES string of the molecule is C[C@@H]1CN(C(=O)COc2ccc3ccccc3c2)C[C@@H](C)O1. The Morgan fingerprint density at radius 2 is 1.82 bits per heavy atom. The summed E-state index contributed by atoms with van der Waals surface area (Å²) in [5, 5.41) is 2.28. The van der Waals surface area contributed by atoms with Gasteiger partial charge in [-0.15, -0.1) is 0 Å². The fraction of sp³-hybridized carbons (Fsp3) is 0.389. The zero-order valence-electron chi connectivity index (χ0n) is 13.0. The fourth-order valence-corrected chi connectivity index (χ4v) is 2.88. The van der Waals surface area contributed by atoms with E-state index in [0.29, 0.717) is 13.1 Å². The maximum absolute atomic E-state index is 12.3.